The zero-order valence-corrected chi connectivity index (χ0v) is 14.9. The molecule has 124 valence electrons. The van der Waals surface area contributed by atoms with Crippen molar-refractivity contribution in [3.05, 3.63) is 53.3 Å². The molecule has 0 bridgehead atoms. The van der Waals surface area contributed by atoms with Crippen molar-refractivity contribution in [1.82, 2.24) is 9.88 Å². The maximum Gasteiger partial charge on any atom is 0.204 e. The van der Waals surface area contributed by atoms with E-state index < -0.39 is 0 Å². The van der Waals surface area contributed by atoms with Crippen molar-refractivity contribution in [2.24, 2.45) is 4.99 Å². The number of aryl methyl sites for hydroxylation is 1. The van der Waals surface area contributed by atoms with Crippen LogP contribution in [0.1, 0.15) is 12.5 Å². The highest BCUT2D eigenvalue weighted by molar-refractivity contribution is 7.80. The highest BCUT2D eigenvalue weighted by Crippen LogP contribution is 2.17. The van der Waals surface area contributed by atoms with E-state index in [0.717, 1.165) is 30.3 Å². The van der Waals surface area contributed by atoms with Crippen LogP contribution in [0.25, 0.3) is 0 Å². The van der Waals surface area contributed by atoms with Crippen molar-refractivity contribution in [3.63, 3.8) is 0 Å². The average molecular weight is 360 g/mol. The molecule has 2 aromatic rings. The lowest BCUT2D eigenvalue weighted by atomic mass is 10.2. The Hall–Kier alpha value is -2.18. The van der Waals surface area contributed by atoms with Gasteiger partial charge >= 0.3 is 0 Å². The van der Waals surface area contributed by atoms with Crippen molar-refractivity contribution < 1.29 is 0 Å². The molecule has 1 aromatic heterocycles. The Kier molecular flexibility index (Phi) is 5.27. The van der Waals surface area contributed by atoms with Gasteiger partial charge in [-0.05, 0) is 48.5 Å². The van der Waals surface area contributed by atoms with Gasteiger partial charge in [0.15, 0.2) is 5.11 Å². The first-order chi connectivity index (χ1) is 11.7. The number of nitrogens with one attached hydrogen (secondary N) is 2. The summed E-state index contributed by atoms with van der Waals surface area (Å²) in [7, 11) is 0. The minimum absolute atomic E-state index is 0.584. The Labute approximate surface area is 151 Å². The molecule has 0 saturated heterocycles. The van der Waals surface area contributed by atoms with Gasteiger partial charge in [-0.1, -0.05) is 24.6 Å². The maximum absolute atomic E-state index is 6.01. The fraction of sp³-hybridized carbons (Fsp3) is 0.235. The summed E-state index contributed by atoms with van der Waals surface area (Å²) in [5, 5.41) is 7.75. The SMILES string of the molecule is CCc1cncc(NC2=NCCN2C(=S)Nc2cccc(Cl)c2)c1. The summed E-state index contributed by atoms with van der Waals surface area (Å²) in [6.45, 7) is 3.53. The third kappa shape index (κ3) is 4.01. The highest BCUT2D eigenvalue weighted by atomic mass is 35.5. The van der Waals surface area contributed by atoms with E-state index in [-0.39, 0.29) is 0 Å². The Morgan fingerprint density at radius 3 is 2.96 bits per heavy atom. The van der Waals surface area contributed by atoms with Crippen molar-refractivity contribution >= 4 is 46.3 Å². The maximum atomic E-state index is 6.01. The van der Waals surface area contributed by atoms with Crippen molar-refractivity contribution in [3.8, 4) is 0 Å². The van der Waals surface area contributed by atoms with Crippen LogP contribution in [0.15, 0.2) is 47.7 Å². The van der Waals surface area contributed by atoms with Gasteiger partial charge in [-0.25, -0.2) is 0 Å². The predicted octanol–water partition coefficient (Wildman–Crippen LogP) is 3.78. The molecule has 1 aromatic carbocycles. The van der Waals surface area contributed by atoms with E-state index in [1.165, 1.54) is 5.56 Å². The minimum Gasteiger partial charge on any atom is -0.332 e. The molecule has 1 aliphatic heterocycles. The number of aromatic nitrogens is 1. The van der Waals surface area contributed by atoms with E-state index in [4.69, 9.17) is 23.8 Å². The number of rotatable bonds is 3. The molecule has 7 heteroatoms. The lowest BCUT2D eigenvalue weighted by Crippen LogP contribution is -2.40. The molecule has 0 radical (unpaired) electrons. The number of thiocarbonyl (C=S) groups is 1. The molecule has 0 aliphatic carbocycles. The van der Waals surface area contributed by atoms with Gasteiger partial charge in [-0.3, -0.25) is 14.9 Å². The first-order valence-corrected chi connectivity index (χ1v) is 8.54. The quantitative estimate of drug-likeness (QED) is 0.817. The van der Waals surface area contributed by atoms with Crippen molar-refractivity contribution in [2.45, 2.75) is 13.3 Å². The van der Waals surface area contributed by atoms with Crippen LogP contribution < -0.4 is 10.6 Å². The topological polar surface area (TPSA) is 52.6 Å². The van der Waals surface area contributed by atoms with Crippen LogP contribution in [-0.2, 0) is 6.42 Å². The number of aliphatic imine (C=N–C) groups is 1. The fourth-order valence-electron chi connectivity index (χ4n) is 2.39. The fourth-order valence-corrected chi connectivity index (χ4v) is 2.87. The Morgan fingerprint density at radius 1 is 1.29 bits per heavy atom. The highest BCUT2D eigenvalue weighted by Gasteiger charge is 2.21. The zero-order chi connectivity index (χ0) is 16.9. The summed E-state index contributed by atoms with van der Waals surface area (Å²) in [5.41, 5.74) is 2.93. The van der Waals surface area contributed by atoms with Gasteiger partial charge in [0.05, 0.1) is 18.4 Å². The molecule has 0 spiro atoms. The summed E-state index contributed by atoms with van der Waals surface area (Å²) in [5.74, 6) is 0.726. The van der Waals surface area contributed by atoms with Crippen LogP contribution in [-0.4, -0.2) is 34.0 Å². The molecule has 0 saturated carbocycles. The van der Waals surface area contributed by atoms with Crippen LogP contribution in [0.5, 0.6) is 0 Å². The van der Waals surface area contributed by atoms with Gasteiger partial charge in [-0.2, -0.15) is 0 Å². The molecule has 0 unspecified atom stereocenters. The largest absolute Gasteiger partial charge is 0.332 e. The summed E-state index contributed by atoms with van der Waals surface area (Å²) < 4.78 is 0. The number of halogens is 1. The number of hydrogen-bond donors (Lipinski definition) is 2. The Morgan fingerprint density at radius 2 is 2.17 bits per heavy atom. The van der Waals surface area contributed by atoms with Gasteiger partial charge < -0.3 is 10.6 Å². The van der Waals surface area contributed by atoms with Gasteiger partial charge in [0.25, 0.3) is 0 Å². The zero-order valence-electron chi connectivity index (χ0n) is 13.3. The lowest BCUT2D eigenvalue weighted by molar-refractivity contribution is 0.674. The minimum atomic E-state index is 0.584. The van der Waals surface area contributed by atoms with E-state index >= 15 is 0 Å². The molecule has 1 aliphatic rings. The van der Waals surface area contributed by atoms with E-state index in [1.54, 1.807) is 6.20 Å². The van der Waals surface area contributed by atoms with E-state index in [2.05, 4.69) is 33.6 Å². The number of pyridine rings is 1. The summed E-state index contributed by atoms with van der Waals surface area (Å²) >= 11 is 11.5. The van der Waals surface area contributed by atoms with Crippen molar-refractivity contribution in [1.29, 1.82) is 0 Å². The number of benzene rings is 1. The molecule has 2 N–H and O–H groups in total. The van der Waals surface area contributed by atoms with Gasteiger partial charge in [0.2, 0.25) is 5.96 Å². The van der Waals surface area contributed by atoms with Crippen LogP contribution >= 0.6 is 23.8 Å². The summed E-state index contributed by atoms with van der Waals surface area (Å²) in [6, 6.07) is 9.54. The predicted molar refractivity (Wildman–Crippen MR) is 104 cm³/mol. The van der Waals surface area contributed by atoms with Crippen LogP contribution in [0.3, 0.4) is 0 Å². The number of hydrogen-bond acceptors (Lipinski definition) is 4. The molecule has 2 heterocycles. The molecular formula is C17H18ClN5S. The van der Waals surface area contributed by atoms with Crippen LogP contribution in [0, 0.1) is 0 Å². The molecule has 0 amide bonds. The van der Waals surface area contributed by atoms with Gasteiger partial charge in [-0.15, -0.1) is 0 Å². The monoisotopic (exact) mass is 359 g/mol. The van der Waals surface area contributed by atoms with E-state index in [0.29, 0.717) is 16.7 Å². The second kappa shape index (κ2) is 7.59. The van der Waals surface area contributed by atoms with E-state index in [9.17, 15) is 0 Å². The molecule has 5 nitrogen and oxygen atoms in total. The van der Waals surface area contributed by atoms with Crippen LogP contribution in [0.2, 0.25) is 5.02 Å². The first kappa shape index (κ1) is 16.7. The normalized spacial score (nSPS) is 13.6. The van der Waals surface area contributed by atoms with E-state index in [1.807, 2.05) is 35.4 Å². The number of guanidine groups is 1. The third-order valence-electron chi connectivity index (χ3n) is 3.62. The van der Waals surface area contributed by atoms with Gasteiger partial charge in [0.1, 0.15) is 0 Å². The lowest BCUT2D eigenvalue weighted by Gasteiger charge is -2.22. The summed E-state index contributed by atoms with van der Waals surface area (Å²) in [4.78, 5) is 10.7. The first-order valence-electron chi connectivity index (χ1n) is 7.75. The van der Waals surface area contributed by atoms with Crippen molar-refractivity contribution in [2.75, 3.05) is 23.7 Å². The molecule has 0 atom stereocenters. The number of nitrogens with zero attached hydrogens (tertiary/aromatic N) is 3. The smallest absolute Gasteiger partial charge is 0.204 e. The molecular weight excluding hydrogens is 342 g/mol. The molecule has 3 rings (SSSR count). The summed E-state index contributed by atoms with van der Waals surface area (Å²) in [6.07, 6.45) is 4.59. The Balaban J connectivity index is 1.69. The number of anilines is 2. The average Bonchev–Trinajstić information content (AvgIpc) is 3.03. The second-order valence-electron chi connectivity index (χ2n) is 5.36. The third-order valence-corrected chi connectivity index (χ3v) is 4.18. The van der Waals surface area contributed by atoms with Gasteiger partial charge in [0, 0.05) is 23.5 Å². The standard InChI is InChI=1S/C17H18ClN5S/c1-2-12-8-15(11-19-10-12)21-16-20-6-7-23(16)17(24)22-14-5-3-4-13(18)9-14/h3-5,8-11H,2,6-7H2,1H3,(H,20,21)(H,22,24). The molecule has 0 fully saturated rings. The second-order valence-corrected chi connectivity index (χ2v) is 6.18. The van der Waals surface area contributed by atoms with Crippen LogP contribution in [0.4, 0.5) is 11.4 Å². The molecule has 24 heavy (non-hydrogen) atoms. The Bertz CT molecular complexity index is 777.